The molecule has 1 heterocycles. The van der Waals surface area contributed by atoms with Gasteiger partial charge >= 0.3 is 12.1 Å². The van der Waals surface area contributed by atoms with Gasteiger partial charge in [-0.3, -0.25) is 0 Å². The zero-order chi connectivity index (χ0) is 18.1. The molecule has 0 spiro atoms. The van der Waals surface area contributed by atoms with E-state index in [0.717, 1.165) is 12.1 Å². The first-order valence-corrected chi connectivity index (χ1v) is 7.92. The molecular formula is C17H23F3N2O2. The lowest BCUT2D eigenvalue weighted by atomic mass is 9.88. The molecule has 1 aromatic carbocycles. The van der Waals surface area contributed by atoms with E-state index in [9.17, 15) is 18.0 Å². The van der Waals surface area contributed by atoms with E-state index >= 15 is 0 Å². The number of piperidine rings is 1. The third kappa shape index (κ3) is 4.63. The van der Waals surface area contributed by atoms with Crippen LogP contribution in [-0.2, 0) is 15.8 Å². The standard InChI is InChI=1S/C17H23F3N2O2/c1-16(2,3)15(23)24-22-6-4-11(5-7-22)12-8-13(17(18,19)20)10-14(21)9-12/h8-11H,4-7,21H2,1-3H3. The normalized spacial score (nSPS) is 17.8. The molecule has 1 aliphatic rings. The highest BCUT2D eigenvalue weighted by Gasteiger charge is 2.33. The molecule has 0 aromatic heterocycles. The fourth-order valence-electron chi connectivity index (χ4n) is 2.61. The topological polar surface area (TPSA) is 55.6 Å². The van der Waals surface area contributed by atoms with Crippen LogP contribution >= 0.6 is 0 Å². The SMILES string of the molecule is CC(C)(C)C(=O)ON1CCC(c2cc(N)cc(C(F)(F)F)c2)CC1. The van der Waals surface area contributed by atoms with E-state index in [1.165, 1.54) is 0 Å². The number of carbonyl (C=O) groups excluding carboxylic acids is 1. The predicted molar refractivity (Wildman–Crippen MR) is 85.0 cm³/mol. The van der Waals surface area contributed by atoms with Crippen LogP contribution in [0.4, 0.5) is 18.9 Å². The van der Waals surface area contributed by atoms with Crippen molar-refractivity contribution in [2.24, 2.45) is 5.41 Å². The van der Waals surface area contributed by atoms with Crippen LogP contribution in [0.15, 0.2) is 18.2 Å². The van der Waals surface area contributed by atoms with Crippen molar-refractivity contribution in [2.75, 3.05) is 18.8 Å². The van der Waals surface area contributed by atoms with E-state index in [-0.39, 0.29) is 17.6 Å². The van der Waals surface area contributed by atoms with E-state index in [2.05, 4.69) is 0 Å². The summed E-state index contributed by atoms with van der Waals surface area (Å²) >= 11 is 0. The van der Waals surface area contributed by atoms with Gasteiger partial charge in [-0.15, -0.1) is 5.06 Å². The van der Waals surface area contributed by atoms with Crippen LogP contribution in [0.3, 0.4) is 0 Å². The first-order chi connectivity index (χ1) is 11.0. The molecule has 24 heavy (non-hydrogen) atoms. The Kier molecular flexibility index (Phi) is 5.13. The summed E-state index contributed by atoms with van der Waals surface area (Å²) in [5.74, 6) is -0.344. The Hall–Kier alpha value is -1.76. The van der Waals surface area contributed by atoms with Gasteiger partial charge in [0.15, 0.2) is 0 Å². The maximum Gasteiger partial charge on any atom is 0.416 e. The number of hydrogen-bond donors (Lipinski definition) is 1. The van der Waals surface area contributed by atoms with Crippen molar-refractivity contribution in [2.45, 2.75) is 45.7 Å². The second-order valence-corrected chi connectivity index (χ2v) is 7.22. The highest BCUT2D eigenvalue weighted by atomic mass is 19.4. The molecule has 0 bridgehead atoms. The second kappa shape index (κ2) is 6.63. The van der Waals surface area contributed by atoms with Crippen molar-refractivity contribution >= 4 is 11.7 Å². The zero-order valence-corrected chi connectivity index (χ0v) is 14.1. The minimum Gasteiger partial charge on any atom is -0.399 e. The first-order valence-electron chi connectivity index (χ1n) is 7.92. The number of benzene rings is 1. The molecule has 1 fully saturated rings. The van der Waals surface area contributed by atoms with E-state index in [1.807, 2.05) is 0 Å². The van der Waals surface area contributed by atoms with Crippen LogP contribution in [0.1, 0.15) is 50.7 Å². The fourth-order valence-corrected chi connectivity index (χ4v) is 2.61. The molecule has 134 valence electrons. The van der Waals surface area contributed by atoms with Crippen molar-refractivity contribution in [3.63, 3.8) is 0 Å². The lowest BCUT2D eigenvalue weighted by Crippen LogP contribution is -2.38. The van der Waals surface area contributed by atoms with Crippen LogP contribution in [0, 0.1) is 5.41 Å². The highest BCUT2D eigenvalue weighted by Crippen LogP contribution is 2.36. The molecule has 0 saturated carbocycles. The number of nitrogens with two attached hydrogens (primary N) is 1. The van der Waals surface area contributed by atoms with Gasteiger partial charge in [0.05, 0.1) is 11.0 Å². The first kappa shape index (κ1) is 18.6. The van der Waals surface area contributed by atoms with E-state index < -0.39 is 17.2 Å². The largest absolute Gasteiger partial charge is 0.416 e. The Morgan fingerprint density at radius 3 is 2.25 bits per heavy atom. The van der Waals surface area contributed by atoms with Gasteiger partial charge < -0.3 is 10.6 Å². The molecule has 0 radical (unpaired) electrons. The number of anilines is 1. The number of nitrogen functional groups attached to an aromatic ring is 1. The Bertz CT molecular complexity index is 601. The number of carbonyl (C=O) groups is 1. The molecule has 0 aliphatic carbocycles. The molecular weight excluding hydrogens is 321 g/mol. The number of halogens is 3. The average Bonchev–Trinajstić information content (AvgIpc) is 2.45. The van der Waals surface area contributed by atoms with Crippen molar-refractivity contribution in [1.82, 2.24) is 5.06 Å². The summed E-state index contributed by atoms with van der Waals surface area (Å²) in [5, 5.41) is 1.58. The van der Waals surface area contributed by atoms with Crippen molar-refractivity contribution in [1.29, 1.82) is 0 Å². The minimum atomic E-state index is -4.41. The molecule has 7 heteroatoms. The summed E-state index contributed by atoms with van der Waals surface area (Å²) in [4.78, 5) is 17.2. The summed E-state index contributed by atoms with van der Waals surface area (Å²) in [6.45, 7) is 6.29. The molecule has 2 N–H and O–H groups in total. The monoisotopic (exact) mass is 344 g/mol. The number of hydroxylamine groups is 2. The average molecular weight is 344 g/mol. The number of rotatable bonds is 2. The van der Waals surface area contributed by atoms with Crippen LogP contribution in [0.5, 0.6) is 0 Å². The minimum absolute atomic E-state index is 0.0285. The van der Waals surface area contributed by atoms with Crippen LogP contribution in [0.25, 0.3) is 0 Å². The summed E-state index contributed by atoms with van der Waals surface area (Å²) in [6.07, 6.45) is -3.19. The molecule has 0 amide bonds. The molecule has 2 rings (SSSR count). The molecule has 4 nitrogen and oxygen atoms in total. The second-order valence-electron chi connectivity index (χ2n) is 7.22. The van der Waals surface area contributed by atoms with Crippen molar-refractivity contribution in [3.8, 4) is 0 Å². The molecule has 0 atom stereocenters. The third-order valence-electron chi connectivity index (χ3n) is 4.05. The van der Waals surface area contributed by atoms with Crippen LogP contribution in [0.2, 0.25) is 0 Å². The summed E-state index contributed by atoms with van der Waals surface area (Å²) in [5.41, 5.74) is 5.01. The number of hydrogen-bond acceptors (Lipinski definition) is 4. The lowest BCUT2D eigenvalue weighted by Gasteiger charge is -2.32. The van der Waals surface area contributed by atoms with Gasteiger partial charge in [-0.1, -0.05) is 0 Å². The fraction of sp³-hybridized carbons (Fsp3) is 0.588. The smallest absolute Gasteiger partial charge is 0.399 e. The van der Waals surface area contributed by atoms with Crippen LogP contribution in [-0.4, -0.2) is 24.1 Å². The molecule has 1 saturated heterocycles. The van der Waals surface area contributed by atoms with Gasteiger partial charge in [-0.05, 0) is 63.3 Å². The quantitative estimate of drug-likeness (QED) is 0.825. The van der Waals surface area contributed by atoms with Gasteiger partial charge in [-0.2, -0.15) is 13.2 Å². The zero-order valence-electron chi connectivity index (χ0n) is 14.1. The maximum atomic E-state index is 12.9. The molecule has 1 aromatic rings. The summed E-state index contributed by atoms with van der Waals surface area (Å²) in [6, 6.07) is 3.71. The Balaban J connectivity index is 2.02. The van der Waals surface area contributed by atoms with Crippen molar-refractivity contribution < 1.29 is 22.8 Å². The van der Waals surface area contributed by atoms with Crippen LogP contribution < -0.4 is 5.73 Å². The van der Waals surface area contributed by atoms with E-state index in [4.69, 9.17) is 10.6 Å². The van der Waals surface area contributed by atoms with Gasteiger partial charge in [-0.25, -0.2) is 4.79 Å². The Labute approximate surface area is 139 Å². The predicted octanol–water partition coefficient (Wildman–Crippen LogP) is 3.97. The van der Waals surface area contributed by atoms with Gasteiger partial charge in [0.2, 0.25) is 0 Å². The molecule has 0 unspecified atom stereocenters. The Morgan fingerprint density at radius 2 is 1.75 bits per heavy atom. The summed E-state index contributed by atoms with van der Waals surface area (Å²) < 4.78 is 38.7. The number of alkyl halides is 3. The number of nitrogens with zero attached hydrogens (tertiary/aromatic N) is 1. The van der Waals surface area contributed by atoms with Gasteiger partial charge in [0, 0.05) is 18.8 Å². The highest BCUT2D eigenvalue weighted by molar-refractivity contribution is 5.75. The van der Waals surface area contributed by atoms with E-state index in [0.29, 0.717) is 31.5 Å². The van der Waals surface area contributed by atoms with E-state index in [1.54, 1.807) is 31.9 Å². The maximum absolute atomic E-state index is 12.9. The van der Waals surface area contributed by atoms with Crippen molar-refractivity contribution in [3.05, 3.63) is 29.3 Å². The summed E-state index contributed by atoms with van der Waals surface area (Å²) in [7, 11) is 0. The lowest BCUT2D eigenvalue weighted by molar-refractivity contribution is -0.204. The third-order valence-corrected chi connectivity index (χ3v) is 4.05. The van der Waals surface area contributed by atoms with Gasteiger partial charge in [0.25, 0.3) is 0 Å². The Morgan fingerprint density at radius 1 is 1.17 bits per heavy atom. The van der Waals surface area contributed by atoms with Gasteiger partial charge in [0.1, 0.15) is 0 Å². The molecule has 1 aliphatic heterocycles.